The van der Waals surface area contributed by atoms with E-state index in [0.29, 0.717) is 26.0 Å². The molecular formula is C19H35NO5. The second-order valence-electron chi connectivity index (χ2n) is 8.82. The van der Waals surface area contributed by atoms with Gasteiger partial charge in [-0.2, -0.15) is 0 Å². The first-order valence-electron chi connectivity index (χ1n) is 9.03. The Balaban J connectivity index is 2.67. The zero-order valence-electron chi connectivity index (χ0n) is 16.6. The maximum Gasteiger partial charge on any atom is 0.303 e. The van der Waals surface area contributed by atoms with Crippen LogP contribution in [0.1, 0.15) is 59.8 Å². The van der Waals surface area contributed by atoms with E-state index in [1.165, 1.54) is 0 Å². The summed E-state index contributed by atoms with van der Waals surface area (Å²) in [5.74, 6) is -0.646. The lowest BCUT2D eigenvalue weighted by Gasteiger charge is -2.36. The summed E-state index contributed by atoms with van der Waals surface area (Å²) in [6.45, 7) is 9.46. The fourth-order valence-corrected chi connectivity index (χ4v) is 4.10. The van der Waals surface area contributed by atoms with Gasteiger partial charge in [-0.15, -0.1) is 0 Å². The van der Waals surface area contributed by atoms with E-state index in [0.717, 1.165) is 12.8 Å². The van der Waals surface area contributed by atoms with Crippen molar-refractivity contribution >= 4 is 11.9 Å². The van der Waals surface area contributed by atoms with Gasteiger partial charge in [0.1, 0.15) is 0 Å². The lowest BCUT2D eigenvalue weighted by Crippen LogP contribution is -2.41. The van der Waals surface area contributed by atoms with Crippen molar-refractivity contribution in [1.82, 2.24) is 4.90 Å². The lowest BCUT2D eigenvalue weighted by atomic mass is 9.71. The minimum atomic E-state index is -0.771. The Kier molecular flexibility index (Phi) is 7.88. The molecule has 0 saturated carbocycles. The molecule has 0 radical (unpaired) electrons. The molecule has 1 N–H and O–H groups in total. The molecule has 0 aromatic heterocycles. The molecule has 1 saturated heterocycles. The number of carboxylic acids is 1. The third-order valence-electron chi connectivity index (χ3n) is 4.99. The van der Waals surface area contributed by atoms with E-state index in [1.54, 1.807) is 14.2 Å². The largest absolute Gasteiger partial charge is 0.481 e. The number of nitrogens with zero attached hydrogens (tertiary/aromatic N) is 1. The van der Waals surface area contributed by atoms with E-state index in [-0.39, 0.29) is 35.3 Å². The van der Waals surface area contributed by atoms with E-state index < -0.39 is 5.97 Å². The number of hydrogen-bond acceptors (Lipinski definition) is 4. The molecule has 0 aromatic rings. The van der Waals surface area contributed by atoms with Gasteiger partial charge in [0.15, 0.2) is 0 Å². The Morgan fingerprint density at radius 2 is 1.80 bits per heavy atom. The Hall–Kier alpha value is -1.14. The highest BCUT2D eigenvalue weighted by molar-refractivity contribution is 5.77. The summed E-state index contributed by atoms with van der Waals surface area (Å²) >= 11 is 0. The second-order valence-corrected chi connectivity index (χ2v) is 8.82. The number of aliphatic carboxylic acids is 1. The van der Waals surface area contributed by atoms with Gasteiger partial charge in [0.25, 0.3) is 0 Å². The summed E-state index contributed by atoms with van der Waals surface area (Å²) in [6.07, 6.45) is 2.89. The number of rotatable bonds is 10. The zero-order chi connectivity index (χ0) is 19.3. The van der Waals surface area contributed by atoms with Crippen molar-refractivity contribution in [1.29, 1.82) is 0 Å². The van der Waals surface area contributed by atoms with Gasteiger partial charge in [-0.05, 0) is 30.1 Å². The summed E-state index contributed by atoms with van der Waals surface area (Å²) in [6, 6.07) is 0.0678. The zero-order valence-corrected chi connectivity index (χ0v) is 16.6. The summed E-state index contributed by atoms with van der Waals surface area (Å²) in [5.41, 5.74) is -0.309. The molecule has 1 fully saturated rings. The summed E-state index contributed by atoms with van der Waals surface area (Å²) in [7, 11) is 3.33. The monoisotopic (exact) mass is 357 g/mol. The van der Waals surface area contributed by atoms with Crippen LogP contribution in [-0.4, -0.2) is 61.4 Å². The van der Waals surface area contributed by atoms with Crippen LogP contribution >= 0.6 is 0 Å². The standard InChI is InChI=1S/C19H35NO5/c1-18(2,8-7-17(22)23)13-19(3,4)10-16(21)20-11-15(25-6)9-14(20)12-24-5/h14-15H,7-13H2,1-6H3,(H,22,23). The van der Waals surface area contributed by atoms with Gasteiger partial charge < -0.3 is 19.5 Å². The van der Waals surface area contributed by atoms with Crippen LogP contribution in [-0.2, 0) is 19.1 Å². The highest BCUT2D eigenvalue weighted by atomic mass is 16.5. The average molecular weight is 357 g/mol. The van der Waals surface area contributed by atoms with Gasteiger partial charge in [-0.3, -0.25) is 9.59 Å². The van der Waals surface area contributed by atoms with Crippen LogP contribution in [0.25, 0.3) is 0 Å². The van der Waals surface area contributed by atoms with Crippen LogP contribution in [0.4, 0.5) is 0 Å². The first-order chi connectivity index (χ1) is 11.5. The number of carboxylic acid groups (broad SMARTS) is 1. The molecule has 0 bridgehead atoms. The molecule has 0 aromatic carbocycles. The van der Waals surface area contributed by atoms with Gasteiger partial charge in [0.05, 0.1) is 18.8 Å². The molecule has 0 spiro atoms. The molecule has 0 aliphatic carbocycles. The van der Waals surface area contributed by atoms with Crippen molar-refractivity contribution in [2.75, 3.05) is 27.4 Å². The average Bonchev–Trinajstić information content (AvgIpc) is 2.87. The van der Waals surface area contributed by atoms with Crippen LogP contribution in [0.2, 0.25) is 0 Å². The third-order valence-corrected chi connectivity index (χ3v) is 4.99. The molecule has 2 atom stereocenters. The fraction of sp³-hybridized carbons (Fsp3) is 0.895. The maximum atomic E-state index is 12.9. The van der Waals surface area contributed by atoms with Crippen molar-refractivity contribution in [3.05, 3.63) is 0 Å². The predicted molar refractivity (Wildman–Crippen MR) is 96.5 cm³/mol. The Labute approximate surface area is 151 Å². The SMILES string of the molecule is COCC1CC(OC)CN1C(=O)CC(C)(C)CC(C)(C)CCC(=O)O. The first-order valence-corrected chi connectivity index (χ1v) is 9.03. The molecule has 1 aliphatic rings. The molecule has 1 amide bonds. The molecule has 25 heavy (non-hydrogen) atoms. The van der Waals surface area contributed by atoms with Crippen molar-refractivity contribution < 1.29 is 24.2 Å². The van der Waals surface area contributed by atoms with Crippen molar-refractivity contribution in [2.45, 2.75) is 71.9 Å². The van der Waals surface area contributed by atoms with Gasteiger partial charge in [0.2, 0.25) is 5.91 Å². The van der Waals surface area contributed by atoms with Gasteiger partial charge in [-0.25, -0.2) is 0 Å². The van der Waals surface area contributed by atoms with E-state index in [2.05, 4.69) is 27.7 Å². The Bertz CT molecular complexity index is 461. The Morgan fingerprint density at radius 1 is 1.16 bits per heavy atom. The number of methoxy groups -OCH3 is 2. The topological polar surface area (TPSA) is 76.1 Å². The molecule has 146 valence electrons. The smallest absolute Gasteiger partial charge is 0.303 e. The Morgan fingerprint density at radius 3 is 2.32 bits per heavy atom. The number of carbonyl (C=O) groups is 2. The number of carbonyl (C=O) groups excluding carboxylic acids is 1. The third kappa shape index (κ3) is 7.32. The minimum Gasteiger partial charge on any atom is -0.481 e. The van der Waals surface area contributed by atoms with E-state index in [1.807, 2.05) is 4.90 Å². The highest BCUT2D eigenvalue weighted by Gasteiger charge is 2.38. The second kappa shape index (κ2) is 8.99. The molecule has 1 aliphatic heterocycles. The number of hydrogen-bond donors (Lipinski definition) is 1. The normalized spacial score (nSPS) is 21.6. The van der Waals surface area contributed by atoms with Crippen LogP contribution < -0.4 is 0 Å². The molecule has 1 rings (SSSR count). The maximum absolute atomic E-state index is 12.9. The summed E-state index contributed by atoms with van der Waals surface area (Å²) in [5, 5.41) is 8.91. The summed E-state index contributed by atoms with van der Waals surface area (Å²) < 4.78 is 10.7. The molecule has 1 heterocycles. The van der Waals surface area contributed by atoms with E-state index in [4.69, 9.17) is 14.6 Å². The summed E-state index contributed by atoms with van der Waals surface area (Å²) in [4.78, 5) is 25.6. The van der Waals surface area contributed by atoms with Crippen LogP contribution in [0.5, 0.6) is 0 Å². The quantitative estimate of drug-likeness (QED) is 0.650. The van der Waals surface area contributed by atoms with Gasteiger partial charge >= 0.3 is 5.97 Å². The molecule has 6 heteroatoms. The molecular weight excluding hydrogens is 322 g/mol. The number of amides is 1. The number of likely N-dealkylation sites (tertiary alicyclic amines) is 1. The van der Waals surface area contributed by atoms with E-state index in [9.17, 15) is 9.59 Å². The lowest BCUT2D eigenvalue weighted by molar-refractivity contribution is -0.138. The van der Waals surface area contributed by atoms with Crippen LogP contribution in [0.15, 0.2) is 0 Å². The van der Waals surface area contributed by atoms with E-state index >= 15 is 0 Å². The van der Waals surface area contributed by atoms with Crippen LogP contribution in [0, 0.1) is 10.8 Å². The van der Waals surface area contributed by atoms with Crippen molar-refractivity contribution in [2.24, 2.45) is 10.8 Å². The number of ether oxygens (including phenoxy) is 2. The fourth-order valence-electron chi connectivity index (χ4n) is 4.10. The van der Waals surface area contributed by atoms with Crippen molar-refractivity contribution in [3.63, 3.8) is 0 Å². The first kappa shape index (κ1) is 21.9. The molecule has 2 unspecified atom stereocenters. The van der Waals surface area contributed by atoms with Crippen molar-refractivity contribution in [3.8, 4) is 0 Å². The van der Waals surface area contributed by atoms with Gasteiger partial charge in [-0.1, -0.05) is 27.7 Å². The minimum absolute atomic E-state index is 0.0678. The predicted octanol–water partition coefficient (Wildman–Crippen LogP) is 2.95. The van der Waals surface area contributed by atoms with Gasteiger partial charge in [0, 0.05) is 33.6 Å². The molecule has 6 nitrogen and oxygen atoms in total. The highest BCUT2D eigenvalue weighted by Crippen LogP contribution is 2.40. The van der Waals surface area contributed by atoms with Crippen LogP contribution in [0.3, 0.4) is 0 Å².